The third kappa shape index (κ3) is 2.88. The zero-order valence-electron chi connectivity index (χ0n) is 10.4. The molecular weight excluding hydrogens is 208 g/mol. The van der Waals surface area contributed by atoms with E-state index in [-0.39, 0.29) is 0 Å². The SMILES string of the molecule is c1ccc(C2CC2NCCN2CCCC2)cc1. The molecular formula is C15H22N2. The van der Waals surface area contributed by atoms with Crippen molar-refractivity contribution in [2.75, 3.05) is 26.2 Å². The lowest BCUT2D eigenvalue weighted by molar-refractivity contribution is 0.335. The second kappa shape index (κ2) is 5.19. The summed E-state index contributed by atoms with van der Waals surface area (Å²) in [5, 5.41) is 3.69. The fourth-order valence-corrected chi connectivity index (χ4v) is 2.90. The van der Waals surface area contributed by atoms with Crippen molar-refractivity contribution < 1.29 is 0 Å². The minimum atomic E-state index is 0.736. The van der Waals surface area contributed by atoms with E-state index in [1.165, 1.54) is 44.5 Å². The molecule has 2 nitrogen and oxygen atoms in total. The lowest BCUT2D eigenvalue weighted by atomic mass is 10.1. The van der Waals surface area contributed by atoms with Crippen molar-refractivity contribution in [3.8, 4) is 0 Å². The highest BCUT2D eigenvalue weighted by atomic mass is 15.2. The fourth-order valence-electron chi connectivity index (χ4n) is 2.90. The molecule has 1 heterocycles. The molecule has 2 unspecified atom stereocenters. The quantitative estimate of drug-likeness (QED) is 0.834. The molecule has 1 N–H and O–H groups in total. The van der Waals surface area contributed by atoms with Crippen molar-refractivity contribution in [1.29, 1.82) is 0 Å². The maximum Gasteiger partial charge on any atom is 0.0143 e. The first-order chi connectivity index (χ1) is 8.43. The molecule has 1 aromatic rings. The van der Waals surface area contributed by atoms with Crippen LogP contribution in [0.25, 0.3) is 0 Å². The molecule has 1 aromatic carbocycles. The zero-order chi connectivity index (χ0) is 11.5. The van der Waals surface area contributed by atoms with Crippen LogP contribution in [0.4, 0.5) is 0 Å². The molecule has 17 heavy (non-hydrogen) atoms. The van der Waals surface area contributed by atoms with Gasteiger partial charge in [0.2, 0.25) is 0 Å². The van der Waals surface area contributed by atoms with Gasteiger partial charge in [-0.1, -0.05) is 30.3 Å². The minimum absolute atomic E-state index is 0.736. The zero-order valence-corrected chi connectivity index (χ0v) is 10.4. The van der Waals surface area contributed by atoms with Gasteiger partial charge in [0, 0.05) is 25.0 Å². The molecule has 92 valence electrons. The van der Waals surface area contributed by atoms with Gasteiger partial charge in [-0.05, 0) is 37.9 Å². The molecule has 0 spiro atoms. The Morgan fingerprint density at radius 2 is 1.88 bits per heavy atom. The molecule has 1 aliphatic heterocycles. The van der Waals surface area contributed by atoms with Crippen LogP contribution in [-0.4, -0.2) is 37.1 Å². The van der Waals surface area contributed by atoms with Crippen LogP contribution in [0.5, 0.6) is 0 Å². The Hall–Kier alpha value is -0.860. The summed E-state index contributed by atoms with van der Waals surface area (Å²) in [6.07, 6.45) is 4.12. The first-order valence-corrected chi connectivity index (χ1v) is 6.94. The Morgan fingerprint density at radius 3 is 2.65 bits per heavy atom. The van der Waals surface area contributed by atoms with Crippen LogP contribution in [0.15, 0.2) is 30.3 Å². The number of hydrogen-bond donors (Lipinski definition) is 1. The molecule has 0 amide bonds. The van der Waals surface area contributed by atoms with Crippen LogP contribution >= 0.6 is 0 Å². The Bertz CT molecular complexity index is 343. The summed E-state index contributed by atoms with van der Waals surface area (Å²) >= 11 is 0. The third-order valence-electron chi connectivity index (χ3n) is 4.05. The van der Waals surface area contributed by atoms with Crippen molar-refractivity contribution >= 4 is 0 Å². The van der Waals surface area contributed by atoms with Crippen LogP contribution in [-0.2, 0) is 0 Å². The highest BCUT2D eigenvalue weighted by Gasteiger charge is 2.37. The molecule has 2 heteroatoms. The fraction of sp³-hybridized carbons (Fsp3) is 0.600. The van der Waals surface area contributed by atoms with E-state index in [1.54, 1.807) is 0 Å². The van der Waals surface area contributed by atoms with Gasteiger partial charge in [0.15, 0.2) is 0 Å². The van der Waals surface area contributed by atoms with Crippen molar-refractivity contribution in [3.05, 3.63) is 35.9 Å². The van der Waals surface area contributed by atoms with Crippen molar-refractivity contribution in [3.63, 3.8) is 0 Å². The lowest BCUT2D eigenvalue weighted by Crippen LogP contribution is -2.31. The second-order valence-electron chi connectivity index (χ2n) is 5.36. The first kappa shape index (κ1) is 11.2. The Labute approximate surface area is 104 Å². The standard InChI is InChI=1S/C15H22N2/c1-2-6-13(7-3-1)14-12-15(14)16-8-11-17-9-4-5-10-17/h1-3,6-7,14-16H,4-5,8-12H2. The molecule has 1 aliphatic carbocycles. The third-order valence-corrected chi connectivity index (χ3v) is 4.05. The monoisotopic (exact) mass is 230 g/mol. The summed E-state index contributed by atoms with van der Waals surface area (Å²) in [5.74, 6) is 0.773. The Kier molecular flexibility index (Phi) is 3.44. The number of benzene rings is 1. The number of rotatable bonds is 5. The van der Waals surface area contributed by atoms with Gasteiger partial charge >= 0.3 is 0 Å². The van der Waals surface area contributed by atoms with Crippen LogP contribution in [0.1, 0.15) is 30.7 Å². The molecule has 0 radical (unpaired) electrons. The van der Waals surface area contributed by atoms with Gasteiger partial charge in [0.25, 0.3) is 0 Å². The summed E-state index contributed by atoms with van der Waals surface area (Å²) in [7, 11) is 0. The van der Waals surface area contributed by atoms with Crippen LogP contribution < -0.4 is 5.32 Å². The summed E-state index contributed by atoms with van der Waals surface area (Å²) in [5.41, 5.74) is 1.51. The highest BCUT2D eigenvalue weighted by molar-refractivity contribution is 5.27. The average molecular weight is 230 g/mol. The number of likely N-dealkylation sites (tertiary alicyclic amines) is 1. The van der Waals surface area contributed by atoms with Crippen molar-refractivity contribution in [2.45, 2.75) is 31.2 Å². The Morgan fingerprint density at radius 1 is 1.12 bits per heavy atom. The number of nitrogens with zero attached hydrogens (tertiary/aromatic N) is 1. The second-order valence-corrected chi connectivity index (χ2v) is 5.36. The predicted octanol–water partition coefficient (Wildman–Crippen LogP) is 2.23. The molecule has 2 aliphatic rings. The predicted molar refractivity (Wildman–Crippen MR) is 71.3 cm³/mol. The van der Waals surface area contributed by atoms with E-state index in [1.807, 2.05) is 0 Å². The average Bonchev–Trinajstić information content (AvgIpc) is 2.95. The van der Waals surface area contributed by atoms with Gasteiger partial charge in [-0.25, -0.2) is 0 Å². The summed E-state index contributed by atoms with van der Waals surface area (Å²) in [6, 6.07) is 11.6. The highest BCUT2D eigenvalue weighted by Crippen LogP contribution is 2.40. The molecule has 3 rings (SSSR count). The smallest absolute Gasteiger partial charge is 0.0143 e. The van der Waals surface area contributed by atoms with Gasteiger partial charge < -0.3 is 10.2 Å². The molecule has 0 aromatic heterocycles. The van der Waals surface area contributed by atoms with E-state index in [0.29, 0.717) is 0 Å². The largest absolute Gasteiger partial charge is 0.312 e. The number of nitrogens with one attached hydrogen (secondary N) is 1. The maximum absolute atomic E-state index is 3.69. The van der Waals surface area contributed by atoms with E-state index in [0.717, 1.165) is 18.5 Å². The van der Waals surface area contributed by atoms with Crippen molar-refractivity contribution in [1.82, 2.24) is 10.2 Å². The lowest BCUT2D eigenvalue weighted by Gasteiger charge is -2.14. The van der Waals surface area contributed by atoms with E-state index in [9.17, 15) is 0 Å². The molecule has 2 atom stereocenters. The summed E-state index contributed by atoms with van der Waals surface area (Å²) < 4.78 is 0. The number of hydrogen-bond acceptors (Lipinski definition) is 2. The van der Waals surface area contributed by atoms with E-state index in [2.05, 4.69) is 40.5 Å². The van der Waals surface area contributed by atoms with Crippen LogP contribution in [0.3, 0.4) is 0 Å². The van der Waals surface area contributed by atoms with Crippen molar-refractivity contribution in [2.24, 2.45) is 0 Å². The van der Waals surface area contributed by atoms with Gasteiger partial charge in [0.05, 0.1) is 0 Å². The van der Waals surface area contributed by atoms with Gasteiger partial charge in [-0.3, -0.25) is 0 Å². The molecule has 1 saturated carbocycles. The van der Waals surface area contributed by atoms with Crippen LogP contribution in [0, 0.1) is 0 Å². The maximum atomic E-state index is 3.69. The Balaban J connectivity index is 1.38. The van der Waals surface area contributed by atoms with Gasteiger partial charge in [-0.15, -0.1) is 0 Å². The molecule has 2 fully saturated rings. The van der Waals surface area contributed by atoms with E-state index >= 15 is 0 Å². The van der Waals surface area contributed by atoms with E-state index in [4.69, 9.17) is 0 Å². The summed E-state index contributed by atoms with van der Waals surface area (Å²) in [6.45, 7) is 5.02. The van der Waals surface area contributed by atoms with Gasteiger partial charge in [-0.2, -0.15) is 0 Å². The molecule has 1 saturated heterocycles. The van der Waals surface area contributed by atoms with Gasteiger partial charge in [0.1, 0.15) is 0 Å². The molecule has 0 bridgehead atoms. The van der Waals surface area contributed by atoms with Crippen LogP contribution in [0.2, 0.25) is 0 Å². The summed E-state index contributed by atoms with van der Waals surface area (Å²) in [4.78, 5) is 2.58. The topological polar surface area (TPSA) is 15.3 Å². The normalized spacial score (nSPS) is 28.5. The van der Waals surface area contributed by atoms with E-state index < -0.39 is 0 Å². The minimum Gasteiger partial charge on any atom is -0.312 e. The first-order valence-electron chi connectivity index (χ1n) is 6.94.